The van der Waals surface area contributed by atoms with Crippen LogP contribution in [0.25, 0.3) is 0 Å². The van der Waals surface area contributed by atoms with Crippen molar-refractivity contribution in [2.24, 2.45) is 0 Å². The Bertz CT molecular complexity index is 409. The molecule has 0 spiro atoms. The van der Waals surface area contributed by atoms with E-state index in [1.165, 1.54) is 5.56 Å². The summed E-state index contributed by atoms with van der Waals surface area (Å²) in [7, 11) is 3.86. The first-order valence-electron chi connectivity index (χ1n) is 5.88. The summed E-state index contributed by atoms with van der Waals surface area (Å²) < 4.78 is 5.52. The first kappa shape index (κ1) is 12.7. The van der Waals surface area contributed by atoms with Crippen molar-refractivity contribution in [2.75, 3.05) is 33.8 Å². The number of rotatable bonds is 2. The van der Waals surface area contributed by atoms with Crippen molar-refractivity contribution in [3.05, 3.63) is 28.3 Å². The lowest BCUT2D eigenvalue weighted by Crippen LogP contribution is -2.43. The SMILES string of the molecule is COc1c(C)cc(Cl)cc1C1CNCCN1C. The minimum atomic E-state index is 0.330. The molecule has 1 aliphatic rings. The maximum absolute atomic E-state index is 6.15. The fraction of sp³-hybridized carbons (Fsp3) is 0.538. The minimum Gasteiger partial charge on any atom is -0.496 e. The monoisotopic (exact) mass is 254 g/mol. The van der Waals surface area contributed by atoms with E-state index < -0.39 is 0 Å². The van der Waals surface area contributed by atoms with Gasteiger partial charge in [0.2, 0.25) is 0 Å². The van der Waals surface area contributed by atoms with E-state index in [4.69, 9.17) is 16.3 Å². The molecular weight excluding hydrogens is 236 g/mol. The van der Waals surface area contributed by atoms with Gasteiger partial charge in [-0.3, -0.25) is 4.90 Å². The molecule has 0 saturated carbocycles. The van der Waals surface area contributed by atoms with Crippen LogP contribution in [0.15, 0.2) is 12.1 Å². The van der Waals surface area contributed by atoms with Crippen LogP contribution in [0.3, 0.4) is 0 Å². The van der Waals surface area contributed by atoms with Crippen LogP contribution in [0.4, 0.5) is 0 Å². The van der Waals surface area contributed by atoms with E-state index in [2.05, 4.69) is 17.3 Å². The first-order chi connectivity index (χ1) is 8.13. The molecule has 1 N–H and O–H groups in total. The van der Waals surface area contributed by atoms with Crippen molar-refractivity contribution in [1.29, 1.82) is 0 Å². The van der Waals surface area contributed by atoms with Gasteiger partial charge in [0.1, 0.15) is 5.75 Å². The van der Waals surface area contributed by atoms with Gasteiger partial charge < -0.3 is 10.1 Å². The van der Waals surface area contributed by atoms with Crippen LogP contribution in [0.1, 0.15) is 17.2 Å². The predicted molar refractivity (Wildman–Crippen MR) is 71.0 cm³/mol. The maximum atomic E-state index is 6.15. The summed E-state index contributed by atoms with van der Waals surface area (Å²) in [5.74, 6) is 0.954. The first-order valence-corrected chi connectivity index (χ1v) is 6.26. The third kappa shape index (κ3) is 2.57. The molecule has 0 bridgehead atoms. The van der Waals surface area contributed by atoms with Gasteiger partial charge in [0.25, 0.3) is 0 Å². The Balaban J connectivity index is 2.42. The molecule has 17 heavy (non-hydrogen) atoms. The Labute approximate surface area is 108 Å². The highest BCUT2D eigenvalue weighted by Crippen LogP contribution is 2.34. The van der Waals surface area contributed by atoms with Gasteiger partial charge in [-0.1, -0.05) is 11.6 Å². The second kappa shape index (κ2) is 5.25. The quantitative estimate of drug-likeness (QED) is 0.876. The number of ether oxygens (including phenoxy) is 1. The van der Waals surface area contributed by atoms with E-state index in [1.54, 1.807) is 7.11 Å². The van der Waals surface area contributed by atoms with Gasteiger partial charge >= 0.3 is 0 Å². The molecule has 1 aromatic carbocycles. The summed E-state index contributed by atoms with van der Waals surface area (Å²) in [6.07, 6.45) is 0. The van der Waals surface area contributed by atoms with Gasteiger partial charge in [-0.25, -0.2) is 0 Å². The zero-order chi connectivity index (χ0) is 12.4. The molecule has 0 aliphatic carbocycles. The number of benzene rings is 1. The molecule has 0 radical (unpaired) electrons. The Kier molecular flexibility index (Phi) is 3.92. The molecule has 1 heterocycles. The second-order valence-electron chi connectivity index (χ2n) is 4.55. The number of hydrogen-bond donors (Lipinski definition) is 1. The average molecular weight is 255 g/mol. The lowest BCUT2D eigenvalue weighted by atomic mass is 10.00. The Morgan fingerprint density at radius 1 is 1.47 bits per heavy atom. The van der Waals surface area contributed by atoms with E-state index in [0.29, 0.717) is 6.04 Å². The van der Waals surface area contributed by atoms with Crippen LogP contribution in [0, 0.1) is 6.92 Å². The molecule has 1 unspecified atom stereocenters. The van der Waals surface area contributed by atoms with Crippen molar-refractivity contribution in [3.8, 4) is 5.75 Å². The smallest absolute Gasteiger partial charge is 0.126 e. The Hall–Kier alpha value is -0.770. The largest absolute Gasteiger partial charge is 0.496 e. The van der Waals surface area contributed by atoms with Crippen molar-refractivity contribution in [3.63, 3.8) is 0 Å². The number of nitrogens with one attached hydrogen (secondary N) is 1. The van der Waals surface area contributed by atoms with Crippen molar-refractivity contribution in [2.45, 2.75) is 13.0 Å². The number of piperazine rings is 1. The molecule has 0 amide bonds. The number of hydrogen-bond acceptors (Lipinski definition) is 3. The number of methoxy groups -OCH3 is 1. The highest BCUT2D eigenvalue weighted by Gasteiger charge is 2.24. The molecule has 3 nitrogen and oxygen atoms in total. The van der Waals surface area contributed by atoms with E-state index >= 15 is 0 Å². The van der Waals surface area contributed by atoms with Crippen LogP contribution < -0.4 is 10.1 Å². The third-order valence-electron chi connectivity index (χ3n) is 3.34. The molecular formula is C13H19ClN2O. The molecule has 1 saturated heterocycles. The second-order valence-corrected chi connectivity index (χ2v) is 4.98. The van der Waals surface area contributed by atoms with Crippen LogP contribution in [0.2, 0.25) is 5.02 Å². The number of likely N-dealkylation sites (N-methyl/N-ethyl adjacent to an activating group) is 1. The lowest BCUT2D eigenvalue weighted by molar-refractivity contribution is 0.198. The Morgan fingerprint density at radius 3 is 2.88 bits per heavy atom. The summed E-state index contributed by atoms with van der Waals surface area (Å²) in [5, 5.41) is 4.19. The normalized spacial score (nSPS) is 21.5. The fourth-order valence-corrected chi connectivity index (χ4v) is 2.72. The topological polar surface area (TPSA) is 24.5 Å². The highest BCUT2D eigenvalue weighted by molar-refractivity contribution is 6.30. The van der Waals surface area contributed by atoms with E-state index in [-0.39, 0.29) is 0 Å². The third-order valence-corrected chi connectivity index (χ3v) is 3.56. The van der Waals surface area contributed by atoms with Gasteiger partial charge in [0, 0.05) is 30.2 Å². The van der Waals surface area contributed by atoms with E-state index in [9.17, 15) is 0 Å². The number of aryl methyl sites for hydroxylation is 1. The predicted octanol–water partition coefficient (Wildman–Crippen LogP) is 2.23. The maximum Gasteiger partial charge on any atom is 0.126 e. The summed E-state index contributed by atoms with van der Waals surface area (Å²) in [6, 6.07) is 4.29. The van der Waals surface area contributed by atoms with E-state index in [1.807, 2.05) is 19.1 Å². The zero-order valence-corrected chi connectivity index (χ0v) is 11.3. The summed E-state index contributed by atoms with van der Waals surface area (Å²) in [6.45, 7) is 5.05. The van der Waals surface area contributed by atoms with Gasteiger partial charge in [0.15, 0.2) is 0 Å². The zero-order valence-electron chi connectivity index (χ0n) is 10.6. The van der Waals surface area contributed by atoms with Crippen LogP contribution in [-0.2, 0) is 0 Å². The summed E-state index contributed by atoms with van der Waals surface area (Å²) in [5.41, 5.74) is 2.26. The van der Waals surface area contributed by atoms with Crippen LogP contribution in [-0.4, -0.2) is 38.7 Å². The Morgan fingerprint density at radius 2 is 2.24 bits per heavy atom. The lowest BCUT2D eigenvalue weighted by Gasteiger charge is -2.34. The van der Waals surface area contributed by atoms with Crippen molar-refractivity contribution in [1.82, 2.24) is 10.2 Å². The number of halogens is 1. The molecule has 1 aromatic rings. The summed E-state index contributed by atoms with van der Waals surface area (Å²) in [4.78, 5) is 2.34. The van der Waals surface area contributed by atoms with Crippen LogP contribution >= 0.6 is 11.6 Å². The fourth-order valence-electron chi connectivity index (χ4n) is 2.44. The average Bonchev–Trinajstić information content (AvgIpc) is 2.28. The molecule has 0 aromatic heterocycles. The van der Waals surface area contributed by atoms with Gasteiger partial charge in [-0.05, 0) is 31.7 Å². The molecule has 94 valence electrons. The van der Waals surface area contributed by atoms with Gasteiger partial charge in [-0.2, -0.15) is 0 Å². The van der Waals surface area contributed by atoms with Crippen molar-refractivity contribution < 1.29 is 4.74 Å². The molecule has 4 heteroatoms. The molecule has 1 aliphatic heterocycles. The molecule has 2 rings (SSSR count). The van der Waals surface area contributed by atoms with Crippen LogP contribution in [0.5, 0.6) is 5.75 Å². The van der Waals surface area contributed by atoms with Crippen molar-refractivity contribution >= 4 is 11.6 Å². The minimum absolute atomic E-state index is 0.330. The molecule has 1 fully saturated rings. The van der Waals surface area contributed by atoms with E-state index in [0.717, 1.165) is 36.0 Å². The highest BCUT2D eigenvalue weighted by atomic mass is 35.5. The standard InChI is InChI=1S/C13H19ClN2O/c1-9-6-10(14)7-11(13(9)17-3)12-8-15-4-5-16(12)2/h6-7,12,15H,4-5,8H2,1-3H3. The molecule has 1 atom stereocenters. The number of nitrogens with zero attached hydrogens (tertiary/aromatic N) is 1. The summed E-state index contributed by atoms with van der Waals surface area (Å²) >= 11 is 6.15. The van der Waals surface area contributed by atoms with Gasteiger partial charge in [-0.15, -0.1) is 0 Å². The van der Waals surface area contributed by atoms with Gasteiger partial charge in [0.05, 0.1) is 13.2 Å².